The van der Waals surface area contributed by atoms with Crippen LogP contribution in [0.25, 0.3) is 0 Å². The maximum Gasteiger partial charge on any atom is 0.294 e. The van der Waals surface area contributed by atoms with E-state index >= 15 is 0 Å². The zero-order valence-corrected chi connectivity index (χ0v) is 24.1. The Morgan fingerprint density at radius 1 is 0.368 bits per heavy atom. The van der Waals surface area contributed by atoms with Gasteiger partial charge in [0.25, 0.3) is 14.8 Å². The van der Waals surface area contributed by atoms with Crippen LogP contribution in [0.1, 0.15) is 11.1 Å². The third-order valence-electron chi connectivity index (χ3n) is 6.31. The van der Waals surface area contributed by atoms with E-state index in [1.54, 1.807) is 0 Å². The minimum Gasteiger partial charge on any atom is -0.138 e. The average Bonchev–Trinajstić information content (AvgIpc) is 3.00. The standard InChI is InChI=1S/C34H24Cl2Si2/c35-37(31-16-5-1-6-17-31,32-18-7-2-8-19-32)26-24-29-14-13-15-30(28-29)25-27-38(36,33-20-9-3-10-21-33)34-22-11-4-12-23-34/h1-23,28H. The molecule has 0 fully saturated rings. The molecule has 4 heteroatoms. The van der Waals surface area contributed by atoms with Gasteiger partial charge in [0.05, 0.1) is 0 Å². The zero-order valence-electron chi connectivity index (χ0n) is 20.6. The van der Waals surface area contributed by atoms with Crippen molar-refractivity contribution in [2.24, 2.45) is 0 Å². The molecule has 0 aromatic heterocycles. The summed E-state index contributed by atoms with van der Waals surface area (Å²) in [6, 6.07) is 48.7. The van der Waals surface area contributed by atoms with Gasteiger partial charge in [-0.25, -0.2) is 0 Å². The number of halogens is 2. The first-order valence-corrected chi connectivity index (χ1v) is 18.4. The second-order valence-electron chi connectivity index (χ2n) is 8.86. The number of hydrogen-bond donors (Lipinski definition) is 0. The molecule has 0 nitrogen and oxygen atoms in total. The molecule has 5 aromatic carbocycles. The van der Waals surface area contributed by atoms with Crippen molar-refractivity contribution in [2.45, 2.75) is 0 Å². The quantitative estimate of drug-likeness (QED) is 0.156. The first-order chi connectivity index (χ1) is 18.6. The topological polar surface area (TPSA) is 0 Å². The van der Waals surface area contributed by atoms with Gasteiger partial charge in [0.1, 0.15) is 0 Å². The van der Waals surface area contributed by atoms with Crippen LogP contribution in [-0.4, -0.2) is 14.8 Å². The van der Waals surface area contributed by atoms with Crippen molar-refractivity contribution in [1.82, 2.24) is 0 Å². The highest BCUT2D eigenvalue weighted by Gasteiger charge is 2.34. The summed E-state index contributed by atoms with van der Waals surface area (Å²) in [5.74, 6) is 6.75. The van der Waals surface area contributed by atoms with Crippen molar-refractivity contribution in [3.8, 4) is 22.9 Å². The lowest BCUT2D eigenvalue weighted by molar-refractivity contribution is 1.60. The molecule has 0 aliphatic heterocycles. The van der Waals surface area contributed by atoms with Crippen LogP contribution in [0.5, 0.6) is 0 Å². The van der Waals surface area contributed by atoms with Gasteiger partial charge in [-0.2, -0.15) is 0 Å². The van der Waals surface area contributed by atoms with Crippen LogP contribution in [0.2, 0.25) is 0 Å². The lowest BCUT2D eigenvalue weighted by Gasteiger charge is -2.19. The lowest BCUT2D eigenvalue weighted by Crippen LogP contribution is -2.52. The molecular formula is C34H24Cl2Si2. The fourth-order valence-electron chi connectivity index (χ4n) is 4.28. The Balaban J connectivity index is 1.53. The average molecular weight is 560 g/mol. The summed E-state index contributed by atoms with van der Waals surface area (Å²) in [6.45, 7) is 0. The zero-order chi connectivity index (χ0) is 26.3. The molecule has 0 atom stereocenters. The molecule has 0 amide bonds. The Labute approximate surface area is 236 Å². The molecule has 0 saturated carbocycles. The number of benzene rings is 5. The molecule has 0 spiro atoms. The molecule has 0 N–H and O–H groups in total. The van der Waals surface area contributed by atoms with Gasteiger partial charge < -0.3 is 0 Å². The van der Waals surface area contributed by atoms with E-state index in [0.717, 1.165) is 31.9 Å². The van der Waals surface area contributed by atoms with Crippen molar-refractivity contribution >= 4 is 57.7 Å². The highest BCUT2D eigenvalue weighted by atomic mass is 35.6. The Kier molecular flexibility index (Phi) is 7.99. The van der Waals surface area contributed by atoms with E-state index in [9.17, 15) is 0 Å². The predicted octanol–water partition coefficient (Wildman–Crippen LogP) is 5.47. The molecule has 5 aromatic rings. The molecular weight excluding hydrogens is 535 g/mol. The van der Waals surface area contributed by atoms with Crippen LogP contribution in [0.15, 0.2) is 146 Å². The van der Waals surface area contributed by atoms with E-state index in [2.05, 4.69) is 71.5 Å². The first kappa shape index (κ1) is 25.9. The van der Waals surface area contributed by atoms with E-state index in [0.29, 0.717) is 0 Å². The van der Waals surface area contributed by atoms with Gasteiger partial charge in [0.2, 0.25) is 0 Å². The summed E-state index contributed by atoms with van der Waals surface area (Å²) in [6.07, 6.45) is 0. The Morgan fingerprint density at radius 2 is 0.658 bits per heavy atom. The second-order valence-corrected chi connectivity index (χ2v) is 17.7. The smallest absolute Gasteiger partial charge is 0.138 e. The second kappa shape index (κ2) is 11.7. The molecule has 0 bridgehead atoms. The molecule has 38 heavy (non-hydrogen) atoms. The van der Waals surface area contributed by atoms with E-state index in [1.807, 2.05) is 97.1 Å². The van der Waals surface area contributed by atoms with Crippen LogP contribution in [0.3, 0.4) is 0 Å². The summed E-state index contributed by atoms with van der Waals surface area (Å²) in [4.78, 5) is 0. The van der Waals surface area contributed by atoms with Crippen molar-refractivity contribution in [3.05, 3.63) is 157 Å². The third kappa shape index (κ3) is 5.71. The van der Waals surface area contributed by atoms with Gasteiger partial charge in [0.15, 0.2) is 0 Å². The van der Waals surface area contributed by atoms with Gasteiger partial charge in [-0.3, -0.25) is 0 Å². The van der Waals surface area contributed by atoms with E-state index in [-0.39, 0.29) is 0 Å². The fraction of sp³-hybridized carbons (Fsp3) is 0. The Hall–Kier alpha value is -3.77. The molecule has 182 valence electrons. The molecule has 0 aliphatic rings. The van der Waals surface area contributed by atoms with Crippen molar-refractivity contribution < 1.29 is 0 Å². The normalized spacial score (nSPS) is 11.0. The monoisotopic (exact) mass is 558 g/mol. The minimum absolute atomic E-state index is 0.877. The summed E-state index contributed by atoms with van der Waals surface area (Å²) in [5, 5.41) is 4.28. The van der Waals surface area contributed by atoms with Gasteiger partial charge in [0, 0.05) is 11.1 Å². The molecule has 0 heterocycles. The van der Waals surface area contributed by atoms with E-state index in [1.165, 1.54) is 0 Å². The van der Waals surface area contributed by atoms with Crippen LogP contribution >= 0.6 is 22.2 Å². The van der Waals surface area contributed by atoms with Gasteiger partial charge >= 0.3 is 0 Å². The largest absolute Gasteiger partial charge is 0.294 e. The molecule has 0 radical (unpaired) electrons. The predicted molar refractivity (Wildman–Crippen MR) is 168 cm³/mol. The van der Waals surface area contributed by atoms with Gasteiger partial charge in [-0.1, -0.05) is 150 Å². The summed E-state index contributed by atoms with van der Waals surface area (Å²) >= 11 is 14.7. The minimum atomic E-state index is -2.78. The molecule has 0 saturated heterocycles. The molecule has 0 unspecified atom stereocenters. The van der Waals surface area contributed by atoms with Crippen molar-refractivity contribution in [3.63, 3.8) is 0 Å². The van der Waals surface area contributed by atoms with Crippen LogP contribution in [0, 0.1) is 22.9 Å². The Morgan fingerprint density at radius 3 is 0.947 bits per heavy atom. The van der Waals surface area contributed by atoms with Crippen LogP contribution < -0.4 is 20.7 Å². The number of rotatable bonds is 4. The lowest BCUT2D eigenvalue weighted by atomic mass is 10.1. The summed E-state index contributed by atoms with van der Waals surface area (Å²) in [7, 11) is -5.56. The van der Waals surface area contributed by atoms with E-state index in [4.69, 9.17) is 22.2 Å². The first-order valence-electron chi connectivity index (χ1n) is 12.3. The van der Waals surface area contributed by atoms with Crippen LogP contribution in [0.4, 0.5) is 0 Å². The van der Waals surface area contributed by atoms with Crippen LogP contribution in [-0.2, 0) is 0 Å². The fourth-order valence-corrected chi connectivity index (χ4v) is 10.6. The maximum absolute atomic E-state index is 7.36. The Bertz CT molecular complexity index is 1430. The maximum atomic E-state index is 7.36. The highest BCUT2D eigenvalue weighted by Crippen LogP contribution is 2.13. The summed E-state index contributed by atoms with van der Waals surface area (Å²) in [5.41, 5.74) is 8.72. The highest BCUT2D eigenvalue weighted by molar-refractivity contribution is 7.38. The molecule has 0 aliphatic carbocycles. The summed E-state index contributed by atoms with van der Waals surface area (Å²) < 4.78 is 0. The van der Waals surface area contributed by atoms with Gasteiger partial charge in [-0.05, 0) is 38.9 Å². The third-order valence-corrected chi connectivity index (χ3v) is 14.9. The molecule has 5 rings (SSSR count). The number of hydrogen-bond acceptors (Lipinski definition) is 0. The van der Waals surface area contributed by atoms with E-state index < -0.39 is 14.8 Å². The van der Waals surface area contributed by atoms with Crippen molar-refractivity contribution in [1.29, 1.82) is 0 Å². The SMILES string of the molecule is Cl[Si](C#Cc1cccc(C#C[Si](Cl)(c2ccccc2)c2ccccc2)c1)(c1ccccc1)c1ccccc1. The van der Waals surface area contributed by atoms with Gasteiger partial charge in [-0.15, -0.1) is 22.2 Å². The van der Waals surface area contributed by atoms with Crippen molar-refractivity contribution in [2.75, 3.05) is 0 Å².